The SMILES string of the molecule is Cc1ccc(C=C(C#N)S(=O)(=O)c2ccc(Br)cc2)s1. The fourth-order valence-electron chi connectivity index (χ4n) is 1.57. The summed E-state index contributed by atoms with van der Waals surface area (Å²) in [5, 5.41) is 9.14. The predicted octanol–water partition coefficient (Wildman–Crippen LogP) is 4.16. The zero-order chi connectivity index (χ0) is 14.8. The molecule has 2 aromatic rings. The Balaban J connectivity index is 2.48. The second kappa shape index (κ2) is 5.92. The third kappa shape index (κ3) is 3.18. The molecule has 0 unspecified atom stereocenters. The maximum atomic E-state index is 12.4. The van der Waals surface area contributed by atoms with E-state index in [2.05, 4.69) is 15.9 Å². The largest absolute Gasteiger partial charge is 0.218 e. The van der Waals surface area contributed by atoms with Gasteiger partial charge in [-0.2, -0.15) is 5.26 Å². The monoisotopic (exact) mass is 367 g/mol. The first kappa shape index (κ1) is 15.0. The Morgan fingerprint density at radius 1 is 1.25 bits per heavy atom. The summed E-state index contributed by atoms with van der Waals surface area (Å²) in [6.07, 6.45) is 1.41. The van der Waals surface area contributed by atoms with E-state index in [1.165, 1.54) is 29.5 Å². The van der Waals surface area contributed by atoms with E-state index >= 15 is 0 Å². The molecule has 0 saturated carbocycles. The van der Waals surface area contributed by atoms with Crippen LogP contribution in [0, 0.1) is 18.3 Å². The van der Waals surface area contributed by atoms with Crippen molar-refractivity contribution in [1.29, 1.82) is 5.26 Å². The molecule has 20 heavy (non-hydrogen) atoms. The van der Waals surface area contributed by atoms with Crippen LogP contribution in [0.25, 0.3) is 6.08 Å². The highest BCUT2D eigenvalue weighted by molar-refractivity contribution is 9.10. The highest BCUT2D eigenvalue weighted by Gasteiger charge is 2.20. The van der Waals surface area contributed by atoms with Gasteiger partial charge >= 0.3 is 0 Å². The van der Waals surface area contributed by atoms with Gasteiger partial charge in [-0.1, -0.05) is 15.9 Å². The molecule has 0 aliphatic carbocycles. The van der Waals surface area contributed by atoms with E-state index < -0.39 is 9.84 Å². The van der Waals surface area contributed by atoms with Crippen LogP contribution in [0.5, 0.6) is 0 Å². The number of hydrogen-bond acceptors (Lipinski definition) is 4. The van der Waals surface area contributed by atoms with Gasteiger partial charge in [0.05, 0.1) is 4.90 Å². The van der Waals surface area contributed by atoms with Gasteiger partial charge < -0.3 is 0 Å². The molecule has 0 atom stereocenters. The highest BCUT2D eigenvalue weighted by Crippen LogP contribution is 2.25. The number of hydrogen-bond donors (Lipinski definition) is 0. The van der Waals surface area contributed by atoms with Crippen LogP contribution in [0.1, 0.15) is 9.75 Å². The minimum atomic E-state index is -3.77. The lowest BCUT2D eigenvalue weighted by atomic mass is 10.4. The summed E-state index contributed by atoms with van der Waals surface area (Å²) in [6.45, 7) is 1.93. The Bertz CT molecular complexity index is 796. The second-order valence-corrected chi connectivity index (χ2v) is 8.18. The lowest BCUT2D eigenvalue weighted by Gasteiger charge is -2.02. The van der Waals surface area contributed by atoms with Crippen molar-refractivity contribution in [3.05, 3.63) is 55.5 Å². The van der Waals surface area contributed by atoms with E-state index in [-0.39, 0.29) is 9.80 Å². The molecule has 0 amide bonds. The van der Waals surface area contributed by atoms with Gasteiger partial charge in [0.25, 0.3) is 0 Å². The van der Waals surface area contributed by atoms with Crippen LogP contribution in [0.2, 0.25) is 0 Å². The molecule has 0 spiro atoms. The van der Waals surface area contributed by atoms with Gasteiger partial charge in [-0.05, 0) is 49.4 Å². The summed E-state index contributed by atoms with van der Waals surface area (Å²) in [5.41, 5.74) is 0. The smallest absolute Gasteiger partial charge is 0.216 e. The third-order valence-corrected chi connectivity index (χ3v) is 5.72. The van der Waals surface area contributed by atoms with Crippen molar-refractivity contribution in [2.45, 2.75) is 11.8 Å². The van der Waals surface area contributed by atoms with Crippen molar-refractivity contribution < 1.29 is 8.42 Å². The molecule has 102 valence electrons. The summed E-state index contributed by atoms with van der Waals surface area (Å²) in [7, 11) is -3.77. The molecule has 0 aliphatic heterocycles. The number of benzene rings is 1. The van der Waals surface area contributed by atoms with Crippen LogP contribution in [0.4, 0.5) is 0 Å². The molecule has 0 N–H and O–H groups in total. The topological polar surface area (TPSA) is 57.9 Å². The van der Waals surface area contributed by atoms with Gasteiger partial charge in [0, 0.05) is 14.2 Å². The average molecular weight is 368 g/mol. The molecule has 0 bridgehead atoms. The number of rotatable bonds is 3. The molecular formula is C14H10BrNO2S2. The normalized spacial score (nSPS) is 12.2. The molecule has 1 aromatic carbocycles. The first-order chi connectivity index (χ1) is 9.43. The van der Waals surface area contributed by atoms with Gasteiger partial charge in [-0.3, -0.25) is 0 Å². The molecule has 6 heteroatoms. The van der Waals surface area contributed by atoms with Crippen molar-refractivity contribution in [3.8, 4) is 6.07 Å². The van der Waals surface area contributed by atoms with E-state index in [0.29, 0.717) is 0 Å². The Labute approximate surface area is 130 Å². The van der Waals surface area contributed by atoms with Crippen LogP contribution < -0.4 is 0 Å². The molecule has 1 aromatic heterocycles. The predicted molar refractivity (Wildman–Crippen MR) is 84.0 cm³/mol. The molecule has 2 rings (SSSR count). The fourth-order valence-corrected chi connectivity index (χ4v) is 3.88. The summed E-state index contributed by atoms with van der Waals surface area (Å²) in [6, 6.07) is 11.7. The molecule has 0 saturated heterocycles. The number of sulfone groups is 1. The standard InChI is InChI=1S/C14H10BrNO2S2/c1-10-2-5-12(19-10)8-14(9-16)20(17,18)13-6-3-11(15)4-7-13/h2-8H,1H3. The Morgan fingerprint density at radius 2 is 1.90 bits per heavy atom. The lowest BCUT2D eigenvalue weighted by molar-refractivity contribution is 0.603. The van der Waals surface area contributed by atoms with Crippen molar-refractivity contribution in [2.75, 3.05) is 0 Å². The lowest BCUT2D eigenvalue weighted by Crippen LogP contribution is -2.03. The van der Waals surface area contributed by atoms with E-state index in [0.717, 1.165) is 14.2 Å². The highest BCUT2D eigenvalue weighted by atomic mass is 79.9. The zero-order valence-corrected chi connectivity index (χ0v) is 13.7. The molecule has 0 radical (unpaired) electrons. The first-order valence-corrected chi connectivity index (χ1v) is 8.71. The Kier molecular flexibility index (Phi) is 4.43. The third-order valence-electron chi connectivity index (χ3n) is 2.56. The second-order valence-electron chi connectivity index (χ2n) is 4.03. The summed E-state index contributed by atoms with van der Waals surface area (Å²) >= 11 is 4.70. The van der Waals surface area contributed by atoms with Gasteiger partial charge in [0.1, 0.15) is 6.07 Å². The number of aryl methyl sites for hydroxylation is 1. The van der Waals surface area contributed by atoms with Crippen molar-refractivity contribution >= 4 is 43.2 Å². The summed E-state index contributed by atoms with van der Waals surface area (Å²) in [5.74, 6) is 0. The number of thiophene rings is 1. The maximum Gasteiger partial charge on any atom is 0.216 e. The van der Waals surface area contributed by atoms with E-state index in [1.54, 1.807) is 24.3 Å². The van der Waals surface area contributed by atoms with Crippen LogP contribution >= 0.6 is 27.3 Å². The number of nitrogens with zero attached hydrogens (tertiary/aromatic N) is 1. The molecular weight excluding hydrogens is 358 g/mol. The fraction of sp³-hybridized carbons (Fsp3) is 0.0714. The summed E-state index contributed by atoms with van der Waals surface area (Å²) < 4.78 is 25.6. The van der Waals surface area contributed by atoms with Gasteiger partial charge in [-0.25, -0.2) is 8.42 Å². The maximum absolute atomic E-state index is 12.4. The van der Waals surface area contributed by atoms with Crippen molar-refractivity contribution in [2.24, 2.45) is 0 Å². The van der Waals surface area contributed by atoms with Gasteiger partial charge in [0.2, 0.25) is 9.84 Å². The van der Waals surface area contributed by atoms with Gasteiger partial charge in [-0.15, -0.1) is 11.3 Å². The van der Waals surface area contributed by atoms with Crippen molar-refractivity contribution in [1.82, 2.24) is 0 Å². The van der Waals surface area contributed by atoms with Crippen LogP contribution in [-0.4, -0.2) is 8.42 Å². The zero-order valence-electron chi connectivity index (χ0n) is 10.5. The number of halogens is 1. The molecule has 3 nitrogen and oxygen atoms in total. The molecule has 1 heterocycles. The number of allylic oxidation sites excluding steroid dienone is 1. The van der Waals surface area contributed by atoms with Crippen LogP contribution in [-0.2, 0) is 9.84 Å². The Morgan fingerprint density at radius 3 is 2.40 bits per heavy atom. The van der Waals surface area contributed by atoms with E-state index in [4.69, 9.17) is 5.26 Å². The minimum Gasteiger partial charge on any atom is -0.218 e. The average Bonchev–Trinajstić information content (AvgIpc) is 2.82. The minimum absolute atomic E-state index is 0.113. The molecule has 0 fully saturated rings. The van der Waals surface area contributed by atoms with Crippen molar-refractivity contribution in [3.63, 3.8) is 0 Å². The summed E-state index contributed by atoms with van der Waals surface area (Å²) in [4.78, 5) is 1.68. The first-order valence-electron chi connectivity index (χ1n) is 5.62. The van der Waals surface area contributed by atoms with E-state index in [9.17, 15) is 8.42 Å². The van der Waals surface area contributed by atoms with E-state index in [1.807, 2.05) is 13.0 Å². The Hall–Kier alpha value is -1.42. The quantitative estimate of drug-likeness (QED) is 0.765. The number of nitriles is 1. The molecule has 0 aliphatic rings. The van der Waals surface area contributed by atoms with Crippen LogP contribution in [0.3, 0.4) is 0 Å². The van der Waals surface area contributed by atoms with Crippen LogP contribution in [0.15, 0.2) is 50.7 Å². The van der Waals surface area contributed by atoms with Gasteiger partial charge in [0.15, 0.2) is 4.91 Å².